The summed E-state index contributed by atoms with van der Waals surface area (Å²) in [6.07, 6.45) is 1.96. The summed E-state index contributed by atoms with van der Waals surface area (Å²) >= 11 is 0. The average Bonchev–Trinajstić information content (AvgIpc) is 3.28. The van der Waals surface area contributed by atoms with Crippen molar-refractivity contribution in [2.24, 2.45) is 0 Å². The Morgan fingerprint density at radius 3 is 2.64 bits per heavy atom. The van der Waals surface area contributed by atoms with Crippen LogP contribution in [0.3, 0.4) is 0 Å². The Morgan fingerprint density at radius 1 is 1.06 bits per heavy atom. The van der Waals surface area contributed by atoms with Crippen LogP contribution >= 0.6 is 0 Å². The van der Waals surface area contributed by atoms with Gasteiger partial charge in [0, 0.05) is 44.8 Å². The maximum atomic E-state index is 13.3. The molecule has 0 bridgehead atoms. The van der Waals surface area contributed by atoms with Gasteiger partial charge in [-0.05, 0) is 31.0 Å². The largest absolute Gasteiger partial charge is 0.467 e. The number of para-hydroxylation sites is 1. The van der Waals surface area contributed by atoms with Crippen molar-refractivity contribution in [3.05, 3.63) is 65.7 Å². The summed E-state index contributed by atoms with van der Waals surface area (Å²) in [4.78, 5) is 42.5. The van der Waals surface area contributed by atoms with Gasteiger partial charge in [-0.15, -0.1) is 0 Å². The van der Waals surface area contributed by atoms with Crippen molar-refractivity contribution in [3.8, 4) is 5.75 Å². The molecule has 7 heteroatoms. The molecule has 3 aliphatic rings. The predicted octanol–water partition coefficient (Wildman–Crippen LogP) is 2.92. The molecule has 0 unspecified atom stereocenters. The van der Waals surface area contributed by atoms with Gasteiger partial charge in [0.1, 0.15) is 11.8 Å². The zero-order chi connectivity index (χ0) is 23.0. The van der Waals surface area contributed by atoms with Crippen LogP contribution in [-0.2, 0) is 9.59 Å². The molecule has 7 nitrogen and oxygen atoms in total. The Labute approximate surface area is 193 Å². The molecule has 3 aliphatic heterocycles. The van der Waals surface area contributed by atoms with Crippen LogP contribution in [0.2, 0.25) is 0 Å². The summed E-state index contributed by atoms with van der Waals surface area (Å²) in [7, 11) is 0. The van der Waals surface area contributed by atoms with Crippen LogP contribution in [0.15, 0.2) is 54.6 Å². The van der Waals surface area contributed by atoms with Crippen LogP contribution in [-0.4, -0.2) is 58.9 Å². The smallest absolute Gasteiger partial charge is 0.258 e. The number of hydrogen-bond acceptors (Lipinski definition) is 4. The highest BCUT2D eigenvalue weighted by atomic mass is 16.5. The molecule has 0 saturated carbocycles. The zero-order valence-corrected chi connectivity index (χ0v) is 18.8. The van der Waals surface area contributed by atoms with E-state index in [9.17, 15) is 14.4 Å². The van der Waals surface area contributed by atoms with Crippen molar-refractivity contribution in [1.29, 1.82) is 0 Å². The van der Waals surface area contributed by atoms with Gasteiger partial charge < -0.3 is 19.9 Å². The summed E-state index contributed by atoms with van der Waals surface area (Å²) in [5.74, 6) is 0.581. The molecule has 2 saturated heterocycles. The van der Waals surface area contributed by atoms with Crippen molar-refractivity contribution in [3.63, 3.8) is 0 Å². The number of fused-ring (bicyclic) bond motifs is 1. The van der Waals surface area contributed by atoms with Gasteiger partial charge in [0.15, 0.2) is 5.72 Å². The fourth-order valence-corrected chi connectivity index (χ4v) is 5.25. The first kappa shape index (κ1) is 21.5. The van der Waals surface area contributed by atoms with Crippen LogP contribution in [0.4, 0.5) is 0 Å². The molecule has 172 valence electrons. The number of likely N-dealkylation sites (tertiary alicyclic amines) is 2. The number of carbonyl (C=O) groups is 3. The second-order valence-electron chi connectivity index (χ2n) is 9.24. The minimum Gasteiger partial charge on any atom is -0.467 e. The minimum atomic E-state index is -0.926. The molecule has 3 heterocycles. The lowest BCUT2D eigenvalue weighted by Gasteiger charge is -2.38. The van der Waals surface area contributed by atoms with Crippen molar-refractivity contribution >= 4 is 17.7 Å². The zero-order valence-electron chi connectivity index (χ0n) is 18.8. The van der Waals surface area contributed by atoms with E-state index in [0.29, 0.717) is 49.7 Å². The van der Waals surface area contributed by atoms with Crippen LogP contribution in [0.1, 0.15) is 54.4 Å². The van der Waals surface area contributed by atoms with Crippen molar-refractivity contribution in [2.45, 2.75) is 50.3 Å². The van der Waals surface area contributed by atoms with Crippen molar-refractivity contribution in [1.82, 2.24) is 15.1 Å². The van der Waals surface area contributed by atoms with E-state index in [2.05, 4.69) is 17.4 Å². The molecule has 1 N–H and O–H groups in total. The first-order chi connectivity index (χ1) is 16.0. The maximum Gasteiger partial charge on any atom is 0.258 e. The Balaban J connectivity index is 1.26. The van der Waals surface area contributed by atoms with Gasteiger partial charge >= 0.3 is 0 Å². The van der Waals surface area contributed by atoms with Crippen LogP contribution < -0.4 is 10.1 Å². The number of ether oxygens (including phenoxy) is 1. The van der Waals surface area contributed by atoms with E-state index >= 15 is 0 Å². The number of benzene rings is 2. The maximum absolute atomic E-state index is 13.3. The monoisotopic (exact) mass is 447 g/mol. The third-order valence-electron chi connectivity index (χ3n) is 7.19. The van der Waals surface area contributed by atoms with Gasteiger partial charge in [-0.1, -0.05) is 42.5 Å². The third kappa shape index (κ3) is 4.08. The Hall–Kier alpha value is -3.35. The standard InChI is InChI=1S/C26H29N3O4/c1-18(25(32)28-15-12-20(17-28)19-7-3-2-4-8-19)29-16-14-26(13-11-23(29)30)27-24(31)21-9-5-6-10-22(21)33-26/h2-10,18,20H,11-17H2,1H3,(H,27,31)/t18-,20-,26-/m1/s1. The number of nitrogens with zero attached hydrogens (tertiary/aromatic N) is 2. The lowest BCUT2D eigenvalue weighted by Crippen LogP contribution is -2.56. The summed E-state index contributed by atoms with van der Waals surface area (Å²) < 4.78 is 6.20. The first-order valence-electron chi connectivity index (χ1n) is 11.7. The van der Waals surface area contributed by atoms with Crippen molar-refractivity contribution in [2.75, 3.05) is 19.6 Å². The summed E-state index contributed by atoms with van der Waals surface area (Å²) in [6, 6.07) is 16.9. The molecule has 1 spiro atoms. The van der Waals surface area contributed by atoms with Crippen molar-refractivity contribution < 1.29 is 19.1 Å². The van der Waals surface area contributed by atoms with Crippen LogP contribution in [0.25, 0.3) is 0 Å². The van der Waals surface area contributed by atoms with Crippen LogP contribution in [0.5, 0.6) is 5.75 Å². The molecule has 3 amide bonds. The number of nitrogens with one attached hydrogen (secondary N) is 1. The SMILES string of the molecule is C[C@H](C(=O)N1CC[C@@H](c2ccccc2)C1)N1CC[C@]2(CCC1=O)NC(=O)c1ccccc1O2. The molecule has 33 heavy (non-hydrogen) atoms. The van der Waals surface area contributed by atoms with Gasteiger partial charge in [0.05, 0.1) is 5.56 Å². The predicted molar refractivity (Wildman–Crippen MR) is 123 cm³/mol. The van der Waals surface area contributed by atoms with Gasteiger partial charge in [-0.3, -0.25) is 14.4 Å². The summed E-state index contributed by atoms with van der Waals surface area (Å²) in [5.41, 5.74) is 0.824. The second-order valence-corrected chi connectivity index (χ2v) is 9.24. The Kier molecular flexibility index (Phi) is 5.56. The van der Waals surface area contributed by atoms with E-state index in [0.717, 1.165) is 6.42 Å². The normalized spacial score (nSPS) is 25.8. The molecular formula is C26H29N3O4. The van der Waals surface area contributed by atoms with E-state index in [1.54, 1.807) is 23.1 Å². The summed E-state index contributed by atoms with van der Waals surface area (Å²) in [5, 5.41) is 2.98. The van der Waals surface area contributed by atoms with E-state index in [1.807, 2.05) is 36.1 Å². The van der Waals surface area contributed by atoms with Gasteiger partial charge in [-0.25, -0.2) is 0 Å². The molecule has 2 fully saturated rings. The highest BCUT2D eigenvalue weighted by Gasteiger charge is 2.44. The number of amides is 3. The highest BCUT2D eigenvalue weighted by Crippen LogP contribution is 2.34. The molecule has 2 aromatic carbocycles. The molecule has 5 rings (SSSR count). The lowest BCUT2D eigenvalue weighted by molar-refractivity contribution is -0.144. The highest BCUT2D eigenvalue weighted by molar-refractivity contribution is 5.98. The summed E-state index contributed by atoms with van der Waals surface area (Å²) in [6.45, 7) is 3.54. The second kappa shape index (κ2) is 8.54. The topological polar surface area (TPSA) is 79.0 Å². The Morgan fingerprint density at radius 2 is 1.82 bits per heavy atom. The molecule has 0 aromatic heterocycles. The average molecular weight is 448 g/mol. The quantitative estimate of drug-likeness (QED) is 0.785. The first-order valence-corrected chi connectivity index (χ1v) is 11.7. The number of rotatable bonds is 3. The number of carbonyl (C=O) groups excluding carboxylic acids is 3. The minimum absolute atomic E-state index is 0.0170. The van der Waals surface area contributed by atoms with Gasteiger partial charge in [0.2, 0.25) is 11.8 Å². The molecule has 2 aromatic rings. The van der Waals surface area contributed by atoms with Gasteiger partial charge in [0.25, 0.3) is 5.91 Å². The number of hydrogen-bond donors (Lipinski definition) is 1. The van der Waals surface area contributed by atoms with E-state index in [-0.39, 0.29) is 24.1 Å². The van der Waals surface area contributed by atoms with Crippen LogP contribution in [0, 0.1) is 0 Å². The Bertz CT molecular complexity index is 1070. The molecule has 3 atom stereocenters. The fraction of sp³-hybridized carbons (Fsp3) is 0.423. The third-order valence-corrected chi connectivity index (χ3v) is 7.19. The van der Waals surface area contributed by atoms with E-state index in [4.69, 9.17) is 4.74 Å². The van der Waals surface area contributed by atoms with Gasteiger partial charge in [-0.2, -0.15) is 0 Å². The lowest BCUT2D eigenvalue weighted by atomic mass is 9.99. The van der Waals surface area contributed by atoms with E-state index in [1.165, 1.54) is 5.56 Å². The molecule has 0 radical (unpaired) electrons. The van der Waals surface area contributed by atoms with E-state index < -0.39 is 11.8 Å². The molecular weight excluding hydrogens is 418 g/mol. The molecule has 0 aliphatic carbocycles. The fourth-order valence-electron chi connectivity index (χ4n) is 5.25.